The fraction of sp³-hybridized carbons (Fsp3) is 0.600. The zero-order chi connectivity index (χ0) is 10.1. The Bertz CT molecular complexity index is 346. The largest absolute Gasteiger partial charge is 0.447 e. The molecule has 76 valence electrons. The van der Waals surface area contributed by atoms with Gasteiger partial charge in [0.1, 0.15) is 11.5 Å². The Morgan fingerprint density at radius 2 is 2.36 bits per heavy atom. The molecular weight excluding hydrogens is 180 g/mol. The number of piperidine rings is 1. The van der Waals surface area contributed by atoms with Crippen LogP contribution in [-0.2, 0) is 4.79 Å². The van der Waals surface area contributed by atoms with Crippen molar-refractivity contribution >= 4 is 5.78 Å². The molecule has 0 aliphatic carbocycles. The minimum Gasteiger partial charge on any atom is -0.447 e. The third-order valence-corrected chi connectivity index (χ3v) is 2.55. The van der Waals surface area contributed by atoms with Crippen molar-refractivity contribution in [3.63, 3.8) is 0 Å². The molecule has 4 heteroatoms. The van der Waals surface area contributed by atoms with Gasteiger partial charge in [-0.15, -0.1) is 0 Å². The van der Waals surface area contributed by atoms with Crippen LogP contribution in [0.5, 0.6) is 0 Å². The molecule has 1 aliphatic heterocycles. The maximum absolute atomic E-state index is 11.4. The van der Waals surface area contributed by atoms with Gasteiger partial charge in [-0.3, -0.25) is 4.79 Å². The summed E-state index contributed by atoms with van der Waals surface area (Å²) < 4.78 is 5.27. The van der Waals surface area contributed by atoms with E-state index in [1.54, 1.807) is 0 Å². The summed E-state index contributed by atoms with van der Waals surface area (Å²) in [7, 11) is 0. The fourth-order valence-corrected chi connectivity index (χ4v) is 1.93. The molecule has 1 saturated heterocycles. The van der Waals surface area contributed by atoms with Crippen molar-refractivity contribution < 1.29 is 9.21 Å². The van der Waals surface area contributed by atoms with E-state index in [0.717, 1.165) is 11.5 Å². The molecule has 0 bridgehead atoms. The van der Waals surface area contributed by atoms with Crippen LogP contribution in [0, 0.1) is 6.92 Å². The Balaban J connectivity index is 2.19. The van der Waals surface area contributed by atoms with Crippen molar-refractivity contribution in [1.82, 2.24) is 10.3 Å². The van der Waals surface area contributed by atoms with Crippen LogP contribution in [0.25, 0.3) is 0 Å². The lowest BCUT2D eigenvalue weighted by atomic mass is 9.96. The van der Waals surface area contributed by atoms with E-state index in [4.69, 9.17) is 4.42 Å². The lowest BCUT2D eigenvalue weighted by Gasteiger charge is -2.26. The maximum atomic E-state index is 11.4. The normalized spacial score (nSPS) is 28.0. The Kier molecular flexibility index (Phi) is 2.37. The Morgan fingerprint density at radius 1 is 1.57 bits per heavy atom. The first-order valence-corrected chi connectivity index (χ1v) is 4.84. The third kappa shape index (κ3) is 1.70. The average Bonchev–Trinajstić information content (AvgIpc) is 2.49. The van der Waals surface area contributed by atoms with Crippen LogP contribution in [0.1, 0.15) is 37.3 Å². The molecule has 14 heavy (non-hydrogen) atoms. The van der Waals surface area contributed by atoms with Crippen molar-refractivity contribution in [3.8, 4) is 0 Å². The number of nitrogens with one attached hydrogen (secondary N) is 1. The zero-order valence-corrected chi connectivity index (χ0v) is 8.41. The summed E-state index contributed by atoms with van der Waals surface area (Å²) in [5, 5.41) is 3.34. The molecule has 0 amide bonds. The van der Waals surface area contributed by atoms with Crippen molar-refractivity contribution in [1.29, 1.82) is 0 Å². The van der Waals surface area contributed by atoms with E-state index < -0.39 is 0 Å². The third-order valence-electron chi connectivity index (χ3n) is 2.55. The second-order valence-corrected chi connectivity index (χ2v) is 3.87. The Hall–Kier alpha value is -1.16. The molecule has 2 rings (SSSR count). The van der Waals surface area contributed by atoms with Gasteiger partial charge in [-0.05, 0) is 13.8 Å². The molecule has 1 aromatic rings. The summed E-state index contributed by atoms with van der Waals surface area (Å²) in [6.07, 6.45) is 2.56. The van der Waals surface area contributed by atoms with Crippen molar-refractivity contribution in [3.05, 3.63) is 17.8 Å². The van der Waals surface area contributed by atoms with Gasteiger partial charge in [0.15, 0.2) is 6.39 Å². The van der Waals surface area contributed by atoms with Crippen LogP contribution in [-0.4, -0.2) is 16.8 Å². The molecule has 0 aromatic carbocycles. The van der Waals surface area contributed by atoms with Crippen molar-refractivity contribution in [2.75, 3.05) is 0 Å². The number of aryl methyl sites for hydroxylation is 1. The van der Waals surface area contributed by atoms with E-state index in [1.807, 2.05) is 13.8 Å². The summed E-state index contributed by atoms with van der Waals surface area (Å²) in [6.45, 7) is 3.90. The number of Topliss-reactive ketones (excluding diaryl/α,β-unsaturated/α-hetero) is 1. The lowest BCUT2D eigenvalue weighted by Crippen LogP contribution is -2.38. The second kappa shape index (κ2) is 3.53. The van der Waals surface area contributed by atoms with Crippen LogP contribution < -0.4 is 5.32 Å². The van der Waals surface area contributed by atoms with Crippen LogP contribution in [0.3, 0.4) is 0 Å². The molecule has 1 fully saturated rings. The SMILES string of the molecule is Cc1ncoc1C1CC(=O)CC(C)N1. The molecular formula is C10H14N2O2. The van der Waals surface area contributed by atoms with E-state index in [2.05, 4.69) is 10.3 Å². The smallest absolute Gasteiger partial charge is 0.181 e. The van der Waals surface area contributed by atoms with E-state index >= 15 is 0 Å². The molecule has 0 saturated carbocycles. The van der Waals surface area contributed by atoms with Gasteiger partial charge in [0, 0.05) is 18.9 Å². The summed E-state index contributed by atoms with van der Waals surface area (Å²) in [4.78, 5) is 15.4. The standard InChI is InChI=1S/C10H14N2O2/c1-6-3-8(13)4-9(12-6)10-7(2)11-5-14-10/h5-6,9,12H,3-4H2,1-2H3. The minimum atomic E-state index is 0.00810. The topological polar surface area (TPSA) is 55.1 Å². The van der Waals surface area contributed by atoms with Gasteiger partial charge in [-0.2, -0.15) is 0 Å². The van der Waals surface area contributed by atoms with Crippen LogP contribution in [0.15, 0.2) is 10.8 Å². The first-order valence-electron chi connectivity index (χ1n) is 4.84. The van der Waals surface area contributed by atoms with Gasteiger partial charge in [-0.25, -0.2) is 4.98 Å². The van der Waals surface area contributed by atoms with Gasteiger partial charge in [0.05, 0.1) is 11.7 Å². The number of ketones is 1. The number of hydrogen-bond acceptors (Lipinski definition) is 4. The van der Waals surface area contributed by atoms with Crippen LogP contribution >= 0.6 is 0 Å². The predicted octanol–water partition coefficient (Wildman–Crippen LogP) is 1.37. The van der Waals surface area contributed by atoms with Crippen LogP contribution in [0.2, 0.25) is 0 Å². The molecule has 1 N–H and O–H groups in total. The Labute approximate surface area is 82.7 Å². The second-order valence-electron chi connectivity index (χ2n) is 3.87. The zero-order valence-electron chi connectivity index (χ0n) is 8.41. The summed E-state index contributed by atoms with van der Waals surface area (Å²) in [6, 6.07) is 0.236. The van der Waals surface area contributed by atoms with E-state index in [9.17, 15) is 4.79 Å². The summed E-state index contributed by atoms with van der Waals surface area (Å²) in [5.74, 6) is 1.09. The number of carbonyl (C=O) groups is 1. The number of rotatable bonds is 1. The highest BCUT2D eigenvalue weighted by Crippen LogP contribution is 2.25. The number of aromatic nitrogens is 1. The van der Waals surface area contributed by atoms with Gasteiger partial charge < -0.3 is 9.73 Å². The fourth-order valence-electron chi connectivity index (χ4n) is 1.93. The van der Waals surface area contributed by atoms with E-state index in [0.29, 0.717) is 12.8 Å². The highest BCUT2D eigenvalue weighted by atomic mass is 16.3. The molecule has 2 heterocycles. The minimum absolute atomic E-state index is 0.00810. The van der Waals surface area contributed by atoms with Crippen LogP contribution in [0.4, 0.5) is 0 Å². The summed E-state index contributed by atoms with van der Waals surface area (Å²) >= 11 is 0. The maximum Gasteiger partial charge on any atom is 0.181 e. The number of hydrogen-bond donors (Lipinski definition) is 1. The molecule has 4 nitrogen and oxygen atoms in total. The first-order chi connectivity index (χ1) is 6.66. The average molecular weight is 194 g/mol. The van der Waals surface area contributed by atoms with Gasteiger partial charge in [0.25, 0.3) is 0 Å². The van der Waals surface area contributed by atoms with Crippen molar-refractivity contribution in [2.45, 2.75) is 38.8 Å². The molecule has 0 spiro atoms. The number of oxazole rings is 1. The van der Waals surface area contributed by atoms with E-state index in [1.165, 1.54) is 6.39 Å². The predicted molar refractivity (Wildman–Crippen MR) is 50.8 cm³/mol. The van der Waals surface area contributed by atoms with E-state index in [-0.39, 0.29) is 17.9 Å². The van der Waals surface area contributed by atoms with Gasteiger partial charge in [-0.1, -0.05) is 0 Å². The van der Waals surface area contributed by atoms with Gasteiger partial charge >= 0.3 is 0 Å². The lowest BCUT2D eigenvalue weighted by molar-refractivity contribution is -0.121. The summed E-state index contributed by atoms with van der Waals surface area (Å²) in [5.41, 5.74) is 0.865. The molecule has 0 radical (unpaired) electrons. The van der Waals surface area contributed by atoms with Crippen molar-refractivity contribution in [2.24, 2.45) is 0 Å². The highest BCUT2D eigenvalue weighted by molar-refractivity contribution is 5.80. The molecule has 1 aliphatic rings. The molecule has 2 unspecified atom stereocenters. The monoisotopic (exact) mass is 194 g/mol. The quantitative estimate of drug-likeness (QED) is 0.733. The van der Waals surface area contributed by atoms with Gasteiger partial charge in [0.2, 0.25) is 0 Å². The number of carbonyl (C=O) groups excluding carboxylic acids is 1. The highest BCUT2D eigenvalue weighted by Gasteiger charge is 2.28. The molecule has 1 aromatic heterocycles. The molecule has 2 atom stereocenters. The first kappa shape index (κ1) is 9.40. The Morgan fingerprint density at radius 3 is 2.93 bits per heavy atom. The number of nitrogens with zero attached hydrogens (tertiary/aromatic N) is 1.